The number of halogens is 3. The van der Waals surface area contributed by atoms with Gasteiger partial charge in [0.05, 0.1) is 16.8 Å². The van der Waals surface area contributed by atoms with Gasteiger partial charge in [0.1, 0.15) is 11.5 Å². The van der Waals surface area contributed by atoms with E-state index in [2.05, 4.69) is 17.7 Å². The number of carbonyl (C=O) groups is 1. The zero-order valence-corrected chi connectivity index (χ0v) is 14.1. The first kappa shape index (κ1) is 16.3. The highest BCUT2D eigenvalue weighted by atomic mass is 35.5. The first-order valence-corrected chi connectivity index (χ1v) is 7.96. The third-order valence-electron chi connectivity index (χ3n) is 3.57. The molecule has 1 atom stereocenters. The maximum Gasteiger partial charge on any atom is 0.232 e. The van der Waals surface area contributed by atoms with Crippen LogP contribution in [-0.2, 0) is 4.79 Å². The predicted octanol–water partition coefficient (Wildman–Crippen LogP) is 4.90. The second kappa shape index (κ2) is 6.51. The van der Waals surface area contributed by atoms with Crippen LogP contribution in [0, 0.1) is 5.82 Å². The van der Waals surface area contributed by atoms with Crippen LogP contribution in [-0.4, -0.2) is 10.8 Å². The number of hydrogen-bond acceptors (Lipinski definition) is 3. The second-order valence-corrected chi connectivity index (χ2v) is 6.31. The van der Waals surface area contributed by atoms with Gasteiger partial charge in [0.15, 0.2) is 0 Å². The lowest BCUT2D eigenvalue weighted by Crippen LogP contribution is -2.19. The fourth-order valence-electron chi connectivity index (χ4n) is 2.47. The van der Waals surface area contributed by atoms with Gasteiger partial charge in [0, 0.05) is 11.4 Å². The van der Waals surface area contributed by atoms with Crippen molar-refractivity contribution >= 4 is 52.3 Å². The van der Waals surface area contributed by atoms with E-state index >= 15 is 0 Å². The lowest BCUT2D eigenvalue weighted by atomic mass is 10.0. The summed E-state index contributed by atoms with van der Waals surface area (Å²) in [5.41, 5.74) is 1.77. The minimum absolute atomic E-state index is 0.264. The Balaban J connectivity index is 2.04. The molecule has 23 heavy (non-hydrogen) atoms. The van der Waals surface area contributed by atoms with Gasteiger partial charge in [0.25, 0.3) is 0 Å². The zero-order valence-electron chi connectivity index (χ0n) is 11.7. The van der Waals surface area contributed by atoms with Crippen LogP contribution in [0.2, 0.25) is 10.0 Å². The molecule has 0 amide bonds. The van der Waals surface area contributed by atoms with Crippen molar-refractivity contribution in [2.75, 3.05) is 5.01 Å². The van der Waals surface area contributed by atoms with Crippen LogP contribution < -0.4 is 5.01 Å². The van der Waals surface area contributed by atoms with E-state index in [4.69, 9.17) is 23.2 Å². The average Bonchev–Trinajstić information content (AvgIpc) is 2.93. The van der Waals surface area contributed by atoms with Crippen LogP contribution in [0.15, 0.2) is 47.6 Å². The number of carbonyl (C=O) groups excluding carboxylic acids is 1. The van der Waals surface area contributed by atoms with Crippen molar-refractivity contribution in [3.63, 3.8) is 0 Å². The van der Waals surface area contributed by atoms with Gasteiger partial charge >= 0.3 is 0 Å². The number of hydrazone groups is 1. The lowest BCUT2D eigenvalue weighted by Gasteiger charge is -2.25. The standard InChI is InChI=1S/C16H11Cl2FN2OS/c17-10-3-6-14(12(18)7-10)21-15(8-13(20-21)16(22)23)9-1-4-11(19)5-2-9/h1-7,15H,8H2,(H,22,23). The Morgan fingerprint density at radius 3 is 2.52 bits per heavy atom. The van der Waals surface area contributed by atoms with Crippen molar-refractivity contribution in [2.24, 2.45) is 5.10 Å². The summed E-state index contributed by atoms with van der Waals surface area (Å²) in [5, 5.41) is 6.50. The molecular weight excluding hydrogens is 358 g/mol. The molecule has 0 N–H and O–H groups in total. The molecule has 0 fully saturated rings. The summed E-state index contributed by atoms with van der Waals surface area (Å²) in [6.07, 6.45) is 0.368. The SMILES string of the molecule is O=C(S)C1=NN(c2ccc(Cl)cc2Cl)C(c2ccc(F)cc2)C1. The summed E-state index contributed by atoms with van der Waals surface area (Å²) in [6.45, 7) is 0. The highest BCUT2D eigenvalue weighted by Gasteiger charge is 2.32. The molecule has 2 aromatic rings. The van der Waals surface area contributed by atoms with Crippen LogP contribution in [0.5, 0.6) is 0 Å². The quantitative estimate of drug-likeness (QED) is 0.781. The van der Waals surface area contributed by atoms with Crippen molar-refractivity contribution in [1.29, 1.82) is 0 Å². The first-order chi connectivity index (χ1) is 11.0. The van der Waals surface area contributed by atoms with Gasteiger partial charge in [-0.15, -0.1) is 0 Å². The Morgan fingerprint density at radius 2 is 1.91 bits per heavy atom. The molecule has 1 unspecified atom stereocenters. The van der Waals surface area contributed by atoms with E-state index in [9.17, 15) is 9.18 Å². The molecule has 1 aliphatic heterocycles. The van der Waals surface area contributed by atoms with E-state index in [0.717, 1.165) is 5.56 Å². The van der Waals surface area contributed by atoms with Gasteiger partial charge in [-0.25, -0.2) is 4.39 Å². The highest BCUT2D eigenvalue weighted by Crippen LogP contribution is 2.39. The third-order valence-corrected chi connectivity index (χ3v) is 4.36. The molecule has 1 aliphatic rings. The van der Waals surface area contributed by atoms with Gasteiger partial charge < -0.3 is 0 Å². The van der Waals surface area contributed by atoms with E-state index < -0.39 is 5.12 Å². The van der Waals surface area contributed by atoms with E-state index in [1.165, 1.54) is 12.1 Å². The zero-order chi connectivity index (χ0) is 16.6. The number of nitrogens with zero attached hydrogens (tertiary/aromatic N) is 2. The molecule has 0 bridgehead atoms. The van der Waals surface area contributed by atoms with Crippen molar-refractivity contribution in [3.05, 3.63) is 63.9 Å². The summed E-state index contributed by atoms with van der Waals surface area (Å²) >= 11 is 16.0. The van der Waals surface area contributed by atoms with Crippen LogP contribution >= 0.6 is 35.8 Å². The van der Waals surface area contributed by atoms with Crippen LogP contribution in [0.25, 0.3) is 0 Å². The van der Waals surface area contributed by atoms with Crippen LogP contribution in [0.3, 0.4) is 0 Å². The molecular formula is C16H11Cl2FN2OS. The Kier molecular flexibility index (Phi) is 4.62. The maximum atomic E-state index is 13.2. The fraction of sp³-hybridized carbons (Fsp3) is 0.125. The fourth-order valence-corrected chi connectivity index (χ4v) is 3.10. The van der Waals surface area contributed by atoms with Crippen molar-refractivity contribution < 1.29 is 9.18 Å². The van der Waals surface area contributed by atoms with E-state index in [1.54, 1.807) is 35.3 Å². The summed E-state index contributed by atoms with van der Waals surface area (Å²) in [5.74, 6) is -0.325. The van der Waals surface area contributed by atoms with Gasteiger partial charge in [-0.05, 0) is 35.9 Å². The number of hydrogen-bond donors (Lipinski definition) is 1. The summed E-state index contributed by atoms with van der Waals surface area (Å²) in [7, 11) is 0. The number of rotatable bonds is 3. The number of thiol groups is 1. The first-order valence-electron chi connectivity index (χ1n) is 6.76. The van der Waals surface area contributed by atoms with Gasteiger partial charge in [-0.1, -0.05) is 48.0 Å². The van der Waals surface area contributed by atoms with Crippen molar-refractivity contribution in [2.45, 2.75) is 12.5 Å². The minimum atomic E-state index is -0.398. The molecule has 2 aromatic carbocycles. The summed E-state index contributed by atoms with van der Waals surface area (Å²) < 4.78 is 13.2. The summed E-state index contributed by atoms with van der Waals surface area (Å²) in [6, 6.07) is 10.8. The van der Waals surface area contributed by atoms with E-state index in [0.29, 0.717) is 27.9 Å². The Hall–Kier alpha value is -1.56. The van der Waals surface area contributed by atoms with Gasteiger partial charge in [0.2, 0.25) is 5.12 Å². The number of anilines is 1. The maximum absolute atomic E-state index is 13.2. The Bertz CT molecular complexity index is 795. The molecule has 0 aliphatic carbocycles. The smallest absolute Gasteiger partial charge is 0.232 e. The van der Waals surface area contributed by atoms with Crippen LogP contribution in [0.1, 0.15) is 18.0 Å². The monoisotopic (exact) mass is 368 g/mol. The van der Waals surface area contributed by atoms with Crippen molar-refractivity contribution in [3.8, 4) is 0 Å². The van der Waals surface area contributed by atoms with Gasteiger partial charge in [-0.2, -0.15) is 5.10 Å². The lowest BCUT2D eigenvalue weighted by molar-refractivity contribution is -0.105. The molecule has 0 saturated carbocycles. The second-order valence-electron chi connectivity index (χ2n) is 5.06. The largest absolute Gasteiger partial charge is 0.280 e. The van der Waals surface area contributed by atoms with Gasteiger partial charge in [-0.3, -0.25) is 9.80 Å². The summed E-state index contributed by atoms with van der Waals surface area (Å²) in [4.78, 5) is 11.6. The Morgan fingerprint density at radius 1 is 1.22 bits per heavy atom. The average molecular weight is 369 g/mol. The molecule has 0 spiro atoms. The topological polar surface area (TPSA) is 32.7 Å². The van der Waals surface area contributed by atoms with E-state index in [1.807, 2.05) is 0 Å². The molecule has 0 saturated heterocycles. The predicted molar refractivity (Wildman–Crippen MR) is 94.1 cm³/mol. The van der Waals surface area contributed by atoms with Crippen LogP contribution in [0.4, 0.5) is 10.1 Å². The molecule has 118 valence electrons. The molecule has 1 heterocycles. The Labute approximate surface area is 148 Å². The molecule has 7 heteroatoms. The van der Waals surface area contributed by atoms with Crippen molar-refractivity contribution in [1.82, 2.24) is 0 Å². The molecule has 0 aromatic heterocycles. The molecule has 0 radical (unpaired) electrons. The minimum Gasteiger partial charge on any atom is -0.280 e. The normalized spacial score (nSPS) is 17.3. The highest BCUT2D eigenvalue weighted by molar-refractivity contribution is 7.98. The van der Waals surface area contributed by atoms with E-state index in [-0.39, 0.29) is 11.9 Å². The third kappa shape index (κ3) is 3.37. The molecule has 3 nitrogen and oxygen atoms in total. The number of benzene rings is 2. The molecule has 3 rings (SSSR count).